The lowest BCUT2D eigenvalue weighted by molar-refractivity contribution is 0.202. The van der Waals surface area contributed by atoms with Gasteiger partial charge >= 0.3 is 0 Å². The predicted molar refractivity (Wildman–Crippen MR) is 110 cm³/mol. The van der Waals surface area contributed by atoms with Gasteiger partial charge < -0.3 is 30.1 Å². The summed E-state index contributed by atoms with van der Waals surface area (Å²) in [6.45, 7) is 5.43. The third-order valence-corrected chi connectivity index (χ3v) is 4.79. The lowest BCUT2D eigenvalue weighted by Gasteiger charge is -2.17. The second kappa shape index (κ2) is 9.57. The molecule has 1 atom stereocenters. The van der Waals surface area contributed by atoms with E-state index in [0.29, 0.717) is 30.0 Å². The van der Waals surface area contributed by atoms with E-state index in [4.69, 9.17) is 14.6 Å². The first-order valence-corrected chi connectivity index (χ1v) is 9.55. The van der Waals surface area contributed by atoms with E-state index in [0.717, 1.165) is 43.3 Å². The fraction of sp³-hybridized carbons (Fsp3) is 0.500. The largest absolute Gasteiger partial charge is 0.493 e. The number of aryl methyl sites for hydroxylation is 1. The maximum Gasteiger partial charge on any atom is 0.229 e. The van der Waals surface area contributed by atoms with Crippen molar-refractivity contribution < 1.29 is 14.6 Å². The van der Waals surface area contributed by atoms with Gasteiger partial charge in [-0.3, -0.25) is 0 Å². The van der Waals surface area contributed by atoms with Gasteiger partial charge in [-0.25, -0.2) is 4.98 Å². The third kappa shape index (κ3) is 5.24. The number of aromatic nitrogens is 2. The fourth-order valence-electron chi connectivity index (χ4n) is 3.35. The van der Waals surface area contributed by atoms with E-state index in [1.165, 1.54) is 0 Å². The van der Waals surface area contributed by atoms with Gasteiger partial charge in [-0.1, -0.05) is 0 Å². The molecule has 0 spiro atoms. The van der Waals surface area contributed by atoms with E-state index < -0.39 is 0 Å². The van der Waals surface area contributed by atoms with Crippen LogP contribution in [0.3, 0.4) is 0 Å². The molecule has 28 heavy (non-hydrogen) atoms. The van der Waals surface area contributed by atoms with E-state index in [9.17, 15) is 0 Å². The highest BCUT2D eigenvalue weighted by Crippen LogP contribution is 2.32. The Bertz CT molecular complexity index is 786. The van der Waals surface area contributed by atoms with E-state index in [2.05, 4.69) is 25.5 Å². The quantitative estimate of drug-likeness (QED) is 0.604. The summed E-state index contributed by atoms with van der Waals surface area (Å²) in [6, 6.07) is 7.58. The van der Waals surface area contributed by atoms with Crippen molar-refractivity contribution in [1.82, 2.24) is 14.9 Å². The average molecular weight is 387 g/mol. The molecule has 1 aliphatic heterocycles. The van der Waals surface area contributed by atoms with Crippen molar-refractivity contribution in [2.45, 2.75) is 13.3 Å². The Hall–Kier alpha value is -2.58. The van der Waals surface area contributed by atoms with Gasteiger partial charge in [-0.15, -0.1) is 0 Å². The minimum atomic E-state index is 0.200. The molecule has 3 N–H and O–H groups in total. The molecule has 0 radical (unpaired) electrons. The zero-order valence-electron chi connectivity index (χ0n) is 16.7. The van der Waals surface area contributed by atoms with Gasteiger partial charge in [-0.2, -0.15) is 4.98 Å². The lowest BCUT2D eigenvalue weighted by Crippen LogP contribution is -2.25. The van der Waals surface area contributed by atoms with E-state index in [1.54, 1.807) is 7.11 Å². The molecule has 0 bridgehead atoms. The molecule has 1 aromatic carbocycles. The van der Waals surface area contributed by atoms with Crippen LogP contribution in [0.2, 0.25) is 0 Å². The van der Waals surface area contributed by atoms with Crippen molar-refractivity contribution in [2.75, 3.05) is 57.6 Å². The molecule has 2 heterocycles. The summed E-state index contributed by atoms with van der Waals surface area (Å²) in [5.41, 5.74) is 1.71. The molecule has 0 amide bonds. The zero-order valence-corrected chi connectivity index (χ0v) is 16.7. The maximum atomic E-state index is 9.08. The molecule has 1 fully saturated rings. The average Bonchev–Trinajstić information content (AvgIpc) is 3.14. The Morgan fingerprint density at radius 1 is 1.25 bits per heavy atom. The second-order valence-electron chi connectivity index (χ2n) is 6.95. The predicted octanol–water partition coefficient (Wildman–Crippen LogP) is 2.27. The summed E-state index contributed by atoms with van der Waals surface area (Å²) in [6.07, 6.45) is 1.07. The Morgan fingerprint density at radius 3 is 2.86 bits per heavy atom. The fourth-order valence-corrected chi connectivity index (χ4v) is 3.35. The lowest BCUT2D eigenvalue weighted by atomic mass is 10.1. The zero-order chi connectivity index (χ0) is 19.9. The standard InChI is InChI=1S/C20H29N5O3/c1-14-10-19(21-2)24-20(22-14)23-16-4-5-17(27-3)18(11-16)28-13-15-6-7-25(12-15)8-9-26/h4-5,10-11,15,26H,6-9,12-13H2,1-3H3,(H2,21,22,23,24)/t15-/m1/s1. The number of methoxy groups -OCH3 is 1. The second-order valence-corrected chi connectivity index (χ2v) is 6.95. The van der Waals surface area contributed by atoms with Crippen LogP contribution >= 0.6 is 0 Å². The van der Waals surface area contributed by atoms with Crippen molar-refractivity contribution in [2.24, 2.45) is 5.92 Å². The first kappa shape index (κ1) is 20.2. The monoisotopic (exact) mass is 387 g/mol. The molecule has 3 rings (SSSR count). The Kier molecular flexibility index (Phi) is 6.89. The molecule has 1 aliphatic rings. The van der Waals surface area contributed by atoms with Gasteiger partial charge in [0, 0.05) is 49.6 Å². The number of hydrogen-bond acceptors (Lipinski definition) is 8. The van der Waals surface area contributed by atoms with Crippen LogP contribution in [0.25, 0.3) is 0 Å². The molecular weight excluding hydrogens is 358 g/mol. The van der Waals surface area contributed by atoms with Gasteiger partial charge in [0.25, 0.3) is 0 Å². The number of nitrogens with zero attached hydrogens (tertiary/aromatic N) is 3. The first-order chi connectivity index (χ1) is 13.6. The van der Waals surface area contributed by atoms with Gasteiger partial charge in [0.15, 0.2) is 11.5 Å². The van der Waals surface area contributed by atoms with Crippen molar-refractivity contribution in [3.63, 3.8) is 0 Å². The molecular formula is C20H29N5O3. The molecule has 0 saturated carbocycles. The minimum Gasteiger partial charge on any atom is -0.493 e. The molecule has 2 aromatic rings. The number of rotatable bonds is 9. The van der Waals surface area contributed by atoms with Crippen molar-refractivity contribution in [1.29, 1.82) is 0 Å². The molecule has 0 aliphatic carbocycles. The summed E-state index contributed by atoms with van der Waals surface area (Å²) in [7, 11) is 3.46. The summed E-state index contributed by atoms with van der Waals surface area (Å²) >= 11 is 0. The molecule has 8 nitrogen and oxygen atoms in total. The first-order valence-electron chi connectivity index (χ1n) is 9.55. The van der Waals surface area contributed by atoms with Crippen molar-refractivity contribution >= 4 is 17.5 Å². The number of nitrogens with one attached hydrogen (secondary N) is 2. The normalized spacial score (nSPS) is 16.8. The highest BCUT2D eigenvalue weighted by atomic mass is 16.5. The molecule has 1 aromatic heterocycles. The van der Waals surface area contributed by atoms with Crippen LogP contribution in [0.5, 0.6) is 11.5 Å². The van der Waals surface area contributed by atoms with Gasteiger partial charge in [-0.05, 0) is 32.0 Å². The number of likely N-dealkylation sites (tertiary alicyclic amines) is 1. The Balaban J connectivity index is 1.67. The van der Waals surface area contributed by atoms with Crippen molar-refractivity contribution in [3.8, 4) is 11.5 Å². The summed E-state index contributed by atoms with van der Waals surface area (Å²) in [4.78, 5) is 11.1. The van der Waals surface area contributed by atoms with Crippen LogP contribution in [0, 0.1) is 12.8 Å². The third-order valence-electron chi connectivity index (χ3n) is 4.79. The van der Waals surface area contributed by atoms with E-state index >= 15 is 0 Å². The SMILES string of the molecule is CNc1cc(C)nc(Nc2ccc(OC)c(OC[C@@H]3CCN(CCO)C3)c2)n1. The van der Waals surface area contributed by atoms with Crippen LogP contribution in [0.4, 0.5) is 17.5 Å². The smallest absolute Gasteiger partial charge is 0.229 e. The number of anilines is 3. The van der Waals surface area contributed by atoms with Crippen LogP contribution in [-0.2, 0) is 0 Å². The molecule has 152 valence electrons. The molecule has 1 saturated heterocycles. The van der Waals surface area contributed by atoms with Crippen LogP contribution < -0.4 is 20.1 Å². The van der Waals surface area contributed by atoms with Gasteiger partial charge in [0.05, 0.1) is 20.3 Å². The highest BCUT2D eigenvalue weighted by molar-refractivity contribution is 5.60. The number of aliphatic hydroxyl groups is 1. The Morgan fingerprint density at radius 2 is 2.11 bits per heavy atom. The topological polar surface area (TPSA) is 91.8 Å². The number of hydrogen-bond donors (Lipinski definition) is 3. The number of benzene rings is 1. The van der Waals surface area contributed by atoms with Crippen LogP contribution in [0.1, 0.15) is 12.1 Å². The number of ether oxygens (including phenoxy) is 2. The maximum absolute atomic E-state index is 9.08. The molecule has 8 heteroatoms. The number of β-amino-alcohol motifs (C(OH)–C–C–N with tert-alkyl or cyclic N) is 1. The van der Waals surface area contributed by atoms with Crippen LogP contribution in [0.15, 0.2) is 24.3 Å². The van der Waals surface area contributed by atoms with Crippen LogP contribution in [-0.4, -0.2) is 67.0 Å². The summed E-state index contributed by atoms with van der Waals surface area (Å²) in [5, 5.41) is 15.3. The summed E-state index contributed by atoms with van der Waals surface area (Å²) < 4.78 is 11.5. The van der Waals surface area contributed by atoms with Gasteiger partial charge in [0.1, 0.15) is 5.82 Å². The molecule has 0 unspecified atom stereocenters. The highest BCUT2D eigenvalue weighted by Gasteiger charge is 2.23. The minimum absolute atomic E-state index is 0.200. The Labute approximate surface area is 165 Å². The van der Waals surface area contributed by atoms with Gasteiger partial charge in [0.2, 0.25) is 5.95 Å². The van der Waals surface area contributed by atoms with E-state index in [1.807, 2.05) is 38.2 Å². The summed E-state index contributed by atoms with van der Waals surface area (Å²) in [5.74, 6) is 3.11. The van der Waals surface area contributed by atoms with Crippen molar-refractivity contribution in [3.05, 3.63) is 30.0 Å². The van der Waals surface area contributed by atoms with E-state index in [-0.39, 0.29) is 6.61 Å². The number of aliphatic hydroxyl groups excluding tert-OH is 1.